The van der Waals surface area contributed by atoms with Crippen LogP contribution in [0.5, 0.6) is 5.75 Å². The molecule has 0 unspecified atom stereocenters. The van der Waals surface area contributed by atoms with E-state index >= 15 is 0 Å². The van der Waals surface area contributed by atoms with Crippen LogP contribution in [0.25, 0.3) is 5.57 Å². The third-order valence-electron chi connectivity index (χ3n) is 6.95. The van der Waals surface area contributed by atoms with Gasteiger partial charge in [0, 0.05) is 29.8 Å². The topological polar surface area (TPSA) is 233 Å². The van der Waals surface area contributed by atoms with E-state index in [0.717, 1.165) is 9.80 Å². The Labute approximate surface area is 290 Å². The van der Waals surface area contributed by atoms with E-state index in [2.05, 4.69) is 0 Å². The van der Waals surface area contributed by atoms with E-state index in [4.69, 9.17) is 0 Å². The van der Waals surface area contributed by atoms with Gasteiger partial charge in [0.2, 0.25) is 0 Å². The summed E-state index contributed by atoms with van der Waals surface area (Å²) in [7, 11) is 0. The molecule has 0 aromatic heterocycles. The van der Waals surface area contributed by atoms with Gasteiger partial charge in [-0.05, 0) is 71.5 Å². The number of ketones is 1. The fraction of sp³-hybridized carbons (Fsp3) is 0.250. The summed E-state index contributed by atoms with van der Waals surface area (Å²) in [6.07, 6.45) is 2.88. The minimum Gasteiger partial charge on any atom is -0.545 e. The first-order chi connectivity index (χ1) is 21.6. The van der Waals surface area contributed by atoms with Gasteiger partial charge in [0.05, 0.1) is 32.1 Å². The van der Waals surface area contributed by atoms with Crippen LogP contribution in [0.4, 0.5) is 0 Å². The predicted octanol–water partition coefficient (Wildman–Crippen LogP) is -2.23. The molecule has 0 spiro atoms. The monoisotopic (exact) mass is 658 g/mol. The van der Waals surface area contributed by atoms with Crippen LogP contribution < -0.4 is 34.7 Å². The number of aryl methyl sites for hydroxylation is 1. The first-order valence-electron chi connectivity index (χ1n) is 13.7. The zero-order valence-electron chi connectivity index (χ0n) is 25.8. The van der Waals surface area contributed by atoms with Gasteiger partial charge in [-0.15, -0.1) is 0 Å². The van der Waals surface area contributed by atoms with Gasteiger partial charge >= 0.3 is 53.4 Å². The molecular weight excluding hydrogens is 627 g/mol. The van der Waals surface area contributed by atoms with E-state index in [9.17, 15) is 59.4 Å². The van der Waals surface area contributed by atoms with Gasteiger partial charge in [-0.3, -0.25) is 33.8 Å². The molecule has 5 N–H and O–H groups in total. The van der Waals surface area contributed by atoms with Crippen molar-refractivity contribution in [1.82, 2.24) is 9.80 Å². The van der Waals surface area contributed by atoms with E-state index in [0.29, 0.717) is 5.56 Å². The fourth-order valence-electron chi connectivity index (χ4n) is 5.17. The number of phenols is 1. The number of aromatic carboxylic acids is 1. The van der Waals surface area contributed by atoms with E-state index in [-0.39, 0.29) is 92.9 Å². The van der Waals surface area contributed by atoms with Gasteiger partial charge < -0.3 is 35.4 Å². The molecule has 2 aromatic carbocycles. The molecule has 2 aromatic rings. The van der Waals surface area contributed by atoms with Gasteiger partial charge in [0.15, 0.2) is 5.78 Å². The third kappa shape index (κ3) is 10.5. The van der Waals surface area contributed by atoms with Crippen LogP contribution >= 0.6 is 0 Å². The average Bonchev–Trinajstić information content (AvgIpc) is 2.93. The molecule has 0 bridgehead atoms. The number of hydrogen-bond donors (Lipinski definition) is 5. The molecule has 15 heteroatoms. The van der Waals surface area contributed by atoms with Crippen LogP contribution in [-0.2, 0) is 30.5 Å². The van der Waals surface area contributed by atoms with Crippen molar-refractivity contribution >= 4 is 41.2 Å². The molecule has 242 valence electrons. The van der Waals surface area contributed by atoms with E-state index in [1.807, 2.05) is 0 Å². The molecule has 3 rings (SSSR count). The summed E-state index contributed by atoms with van der Waals surface area (Å²) in [5.74, 6) is -7.50. The van der Waals surface area contributed by atoms with E-state index < -0.39 is 61.8 Å². The Morgan fingerprint density at radius 2 is 1.23 bits per heavy atom. The van der Waals surface area contributed by atoms with Crippen molar-refractivity contribution in [3.05, 3.63) is 93.1 Å². The number of aromatic hydroxyl groups is 1. The average molecular weight is 659 g/mol. The van der Waals surface area contributed by atoms with Crippen LogP contribution in [0.15, 0.2) is 65.3 Å². The molecule has 0 fully saturated rings. The smallest absolute Gasteiger partial charge is 0.545 e. The van der Waals surface area contributed by atoms with Crippen molar-refractivity contribution in [3.8, 4) is 5.75 Å². The molecule has 0 saturated heterocycles. The third-order valence-corrected chi connectivity index (χ3v) is 6.95. The molecule has 47 heavy (non-hydrogen) atoms. The second-order valence-electron chi connectivity index (χ2n) is 10.7. The molecule has 14 nitrogen and oxygen atoms in total. The van der Waals surface area contributed by atoms with Crippen molar-refractivity contribution in [1.29, 1.82) is 0 Å². The normalized spacial score (nSPS) is 13.8. The number of Topliss-reactive ketones (excluding diaryl/α,β-unsaturated/α-hetero) is 1. The van der Waals surface area contributed by atoms with Crippen molar-refractivity contribution in [2.24, 2.45) is 0 Å². The summed E-state index contributed by atoms with van der Waals surface area (Å²) in [6.45, 7) is -0.314. The quantitative estimate of drug-likeness (QED) is 0.128. The van der Waals surface area contributed by atoms with Crippen molar-refractivity contribution in [3.63, 3.8) is 0 Å². The number of benzene rings is 2. The summed E-state index contributed by atoms with van der Waals surface area (Å²) in [5.41, 5.74) is 1.38. The van der Waals surface area contributed by atoms with Gasteiger partial charge in [0.1, 0.15) is 5.75 Å². The number of carboxylic acids is 5. The molecule has 0 heterocycles. The fourth-order valence-corrected chi connectivity index (χ4v) is 5.17. The molecule has 0 atom stereocenters. The maximum Gasteiger partial charge on any atom is 1.00 e. The Kier molecular flexibility index (Phi) is 13.8. The Hall–Kier alpha value is -4.60. The summed E-state index contributed by atoms with van der Waals surface area (Å²) >= 11 is 0. The second kappa shape index (κ2) is 16.8. The Balaban J connectivity index is 0.00000768. The van der Waals surface area contributed by atoms with Crippen LogP contribution in [0, 0.1) is 6.92 Å². The molecular formula is C32H31N2NaO12. The molecule has 0 aliphatic heterocycles. The zero-order chi connectivity index (χ0) is 34.3. The Bertz CT molecular complexity index is 1680. The van der Waals surface area contributed by atoms with E-state index in [1.165, 1.54) is 56.3 Å². The van der Waals surface area contributed by atoms with Crippen molar-refractivity contribution in [2.45, 2.75) is 20.4 Å². The van der Waals surface area contributed by atoms with Gasteiger partial charge in [-0.2, -0.15) is 0 Å². The Morgan fingerprint density at radius 3 is 1.72 bits per heavy atom. The van der Waals surface area contributed by atoms with Crippen molar-refractivity contribution in [2.75, 3.05) is 32.7 Å². The number of carbonyl (C=O) groups is 6. The van der Waals surface area contributed by atoms with Gasteiger partial charge in [0.25, 0.3) is 0 Å². The minimum absolute atomic E-state index is 0. The first kappa shape index (κ1) is 38.6. The number of phenolic OH excluding ortho intramolecular Hbond substituents is 1. The van der Waals surface area contributed by atoms with Crippen LogP contribution in [-0.4, -0.2) is 104 Å². The second-order valence-corrected chi connectivity index (χ2v) is 10.7. The number of carbonyl (C=O) groups excluding carboxylic acids is 2. The summed E-state index contributed by atoms with van der Waals surface area (Å²) in [5, 5.41) is 60.3. The summed E-state index contributed by atoms with van der Waals surface area (Å²) in [6, 6.07) is 8.81. The summed E-state index contributed by atoms with van der Waals surface area (Å²) in [4.78, 5) is 73.1. The number of nitrogens with zero attached hydrogens (tertiary/aromatic N) is 2. The minimum atomic E-state index is -1.52. The summed E-state index contributed by atoms with van der Waals surface area (Å²) < 4.78 is 0. The SMILES string of the molecule is CC1=C/C(=C(/c2cc(C)c(O)c(CN(CC(=O)O)CC(=O)O)c2)c2ccccc2C(=O)[O-])C=C(CN(CC(=O)O)CC(=O)O)C1=O.[Na+]. The first-order valence-corrected chi connectivity index (χ1v) is 13.7. The van der Waals surface area contributed by atoms with Gasteiger partial charge in [-0.25, -0.2) is 0 Å². The maximum atomic E-state index is 13.2. The maximum absolute atomic E-state index is 13.2. The van der Waals surface area contributed by atoms with E-state index in [1.54, 1.807) is 6.07 Å². The standard InChI is InChI=1S/C32H32N2O12.Na/c1-17-7-19(9-21(30(17)43)11-33(13-25(35)36)14-26(37)38)29(23-5-3-4-6-24(23)32(45)46)20-8-18(2)31(44)22(10-20)12-34(15-27(39)40)16-28(41)42;/h3-10,43H,11-16H2,1-2H3,(H,35,36)(H,37,38)(H,39,40)(H,41,42)(H,45,46);/q;+1/p-1/b29-20+;. The number of allylic oxidation sites excluding steroid dienone is 4. The number of carboxylic acid groups (broad SMARTS) is 5. The predicted molar refractivity (Wildman–Crippen MR) is 159 cm³/mol. The molecule has 0 saturated carbocycles. The van der Waals surface area contributed by atoms with Crippen LogP contribution in [0.1, 0.15) is 39.5 Å². The zero-order valence-corrected chi connectivity index (χ0v) is 27.8. The molecule has 1 aliphatic rings. The van der Waals surface area contributed by atoms with Crippen LogP contribution in [0.3, 0.4) is 0 Å². The number of rotatable bonds is 15. The number of aliphatic carboxylic acids is 4. The molecule has 1 aliphatic carbocycles. The Morgan fingerprint density at radius 1 is 0.745 bits per heavy atom. The van der Waals surface area contributed by atoms with Crippen molar-refractivity contribution < 1.29 is 89.0 Å². The molecule has 0 amide bonds. The van der Waals surface area contributed by atoms with Crippen LogP contribution in [0.2, 0.25) is 0 Å². The largest absolute Gasteiger partial charge is 1.00 e. The van der Waals surface area contributed by atoms with Gasteiger partial charge in [-0.1, -0.05) is 24.3 Å². The number of hydrogen-bond acceptors (Lipinski definition) is 10. The molecule has 0 radical (unpaired) electrons.